The Balaban J connectivity index is 3.30. The van der Waals surface area contributed by atoms with Crippen molar-refractivity contribution in [1.82, 2.24) is 4.90 Å². The van der Waals surface area contributed by atoms with Crippen molar-refractivity contribution in [3.63, 3.8) is 0 Å². The lowest BCUT2D eigenvalue weighted by Gasteiger charge is -2.16. The molecule has 0 aromatic carbocycles. The minimum Gasteiger partial charge on any atom is -0.296 e. The van der Waals surface area contributed by atoms with Gasteiger partial charge < -0.3 is 0 Å². The van der Waals surface area contributed by atoms with Crippen molar-refractivity contribution in [1.29, 1.82) is 0 Å². The fraction of sp³-hybridized carbons (Fsp3) is 0.833. The third kappa shape index (κ3) is 2.75. The summed E-state index contributed by atoms with van der Waals surface area (Å²) in [5.41, 5.74) is 0. The molecule has 47 valence electrons. The number of hydrogen-bond donors (Lipinski definition) is 0. The van der Waals surface area contributed by atoms with Gasteiger partial charge in [0.05, 0.1) is 6.54 Å². The van der Waals surface area contributed by atoms with E-state index >= 15 is 0 Å². The molecule has 0 aliphatic carbocycles. The predicted molar refractivity (Wildman–Crippen MR) is 33.5 cm³/mol. The summed E-state index contributed by atoms with van der Waals surface area (Å²) in [5.74, 6) is 0. The second-order valence-electron chi connectivity index (χ2n) is 2.15. The zero-order valence-corrected chi connectivity index (χ0v) is 5.64. The minimum atomic E-state index is 0.414. The van der Waals surface area contributed by atoms with Crippen molar-refractivity contribution < 1.29 is 4.79 Å². The van der Waals surface area contributed by atoms with Crippen molar-refractivity contribution in [2.75, 3.05) is 13.6 Å². The molecule has 0 atom stereocenters. The van der Waals surface area contributed by atoms with Gasteiger partial charge in [0.2, 0.25) is 6.29 Å². The number of likely N-dealkylation sites (N-methyl/N-ethyl adjacent to an activating group) is 1. The maximum Gasteiger partial charge on any atom is 0.213 e. The molecule has 0 aromatic heterocycles. The second-order valence-corrected chi connectivity index (χ2v) is 2.15. The molecule has 0 aliphatic rings. The highest BCUT2D eigenvalue weighted by molar-refractivity contribution is 5.52. The van der Waals surface area contributed by atoms with Gasteiger partial charge in [0.15, 0.2) is 0 Å². The standard InChI is InChI=1S/C6H12NO/c1-6(2)7(3)4-5-8/h6H,4H2,1-3H3. The van der Waals surface area contributed by atoms with E-state index in [1.807, 2.05) is 32.1 Å². The summed E-state index contributed by atoms with van der Waals surface area (Å²) in [4.78, 5) is 11.7. The largest absolute Gasteiger partial charge is 0.296 e. The Labute approximate surface area is 50.5 Å². The number of hydrogen-bond acceptors (Lipinski definition) is 2. The molecule has 2 heteroatoms. The molecule has 0 saturated heterocycles. The summed E-state index contributed by atoms with van der Waals surface area (Å²) in [7, 11) is 1.90. The molecule has 0 N–H and O–H groups in total. The molecule has 0 aliphatic heterocycles. The Morgan fingerprint density at radius 2 is 2.12 bits per heavy atom. The normalized spacial score (nSPS) is 10.6. The van der Waals surface area contributed by atoms with Crippen LogP contribution in [0.15, 0.2) is 0 Å². The molecule has 0 rings (SSSR count). The molecule has 0 aromatic rings. The van der Waals surface area contributed by atoms with Crippen LogP contribution in [0.3, 0.4) is 0 Å². The van der Waals surface area contributed by atoms with Crippen LogP contribution in [0.2, 0.25) is 0 Å². The maximum atomic E-state index is 9.75. The van der Waals surface area contributed by atoms with Crippen LogP contribution < -0.4 is 0 Å². The summed E-state index contributed by atoms with van der Waals surface area (Å²) in [6, 6.07) is 0.441. The van der Waals surface area contributed by atoms with Crippen LogP contribution >= 0.6 is 0 Å². The minimum absolute atomic E-state index is 0.414. The topological polar surface area (TPSA) is 20.3 Å². The number of rotatable bonds is 3. The van der Waals surface area contributed by atoms with E-state index in [2.05, 4.69) is 0 Å². The average molecular weight is 114 g/mol. The van der Waals surface area contributed by atoms with Gasteiger partial charge in [-0.2, -0.15) is 0 Å². The molecular weight excluding hydrogens is 102 g/mol. The third-order valence-corrected chi connectivity index (χ3v) is 1.20. The first-order valence-corrected chi connectivity index (χ1v) is 2.73. The number of nitrogens with zero attached hydrogens (tertiary/aromatic N) is 1. The molecule has 0 heterocycles. The van der Waals surface area contributed by atoms with E-state index in [9.17, 15) is 4.79 Å². The van der Waals surface area contributed by atoms with Crippen molar-refractivity contribution in [2.24, 2.45) is 0 Å². The molecular formula is C6H12NO. The first kappa shape index (κ1) is 7.63. The molecule has 2 nitrogen and oxygen atoms in total. The third-order valence-electron chi connectivity index (χ3n) is 1.20. The Morgan fingerprint density at radius 3 is 2.25 bits per heavy atom. The van der Waals surface area contributed by atoms with Gasteiger partial charge in [-0.15, -0.1) is 0 Å². The highest BCUT2D eigenvalue weighted by Crippen LogP contribution is 1.88. The van der Waals surface area contributed by atoms with Crippen LogP contribution in [0.25, 0.3) is 0 Å². The van der Waals surface area contributed by atoms with E-state index in [-0.39, 0.29) is 0 Å². The van der Waals surface area contributed by atoms with Crippen LogP contribution in [0.5, 0.6) is 0 Å². The monoisotopic (exact) mass is 114 g/mol. The number of carbonyl (C=O) groups excluding carboxylic acids is 1. The summed E-state index contributed by atoms with van der Waals surface area (Å²) in [6.45, 7) is 4.49. The Hall–Kier alpha value is -0.370. The van der Waals surface area contributed by atoms with Crippen molar-refractivity contribution in [2.45, 2.75) is 19.9 Å². The van der Waals surface area contributed by atoms with Crippen LogP contribution in [0, 0.1) is 0 Å². The van der Waals surface area contributed by atoms with Gasteiger partial charge in [0.25, 0.3) is 0 Å². The van der Waals surface area contributed by atoms with Gasteiger partial charge in [-0.1, -0.05) is 0 Å². The van der Waals surface area contributed by atoms with E-state index in [1.54, 1.807) is 0 Å². The Kier molecular flexibility index (Phi) is 3.44. The fourth-order valence-electron chi connectivity index (χ4n) is 0.284. The smallest absolute Gasteiger partial charge is 0.213 e. The zero-order chi connectivity index (χ0) is 6.57. The molecule has 0 bridgehead atoms. The van der Waals surface area contributed by atoms with Gasteiger partial charge in [-0.25, -0.2) is 0 Å². The molecule has 0 unspecified atom stereocenters. The Morgan fingerprint density at radius 1 is 1.62 bits per heavy atom. The maximum absolute atomic E-state index is 9.75. The fourth-order valence-corrected chi connectivity index (χ4v) is 0.284. The molecule has 0 amide bonds. The summed E-state index contributed by atoms with van der Waals surface area (Å²) in [6.07, 6.45) is 1.82. The van der Waals surface area contributed by atoms with E-state index < -0.39 is 0 Å². The molecule has 0 spiro atoms. The van der Waals surface area contributed by atoms with Crippen LogP contribution in [-0.2, 0) is 4.79 Å². The lowest BCUT2D eigenvalue weighted by atomic mass is 10.3. The highest BCUT2D eigenvalue weighted by Gasteiger charge is 1.99. The molecule has 8 heavy (non-hydrogen) atoms. The SMILES string of the molecule is CC(C)N(C)C[C]=O. The lowest BCUT2D eigenvalue weighted by molar-refractivity contribution is 0.307. The van der Waals surface area contributed by atoms with Gasteiger partial charge in [0.1, 0.15) is 0 Å². The first-order chi connectivity index (χ1) is 3.68. The van der Waals surface area contributed by atoms with Crippen molar-refractivity contribution in [3.8, 4) is 0 Å². The van der Waals surface area contributed by atoms with Crippen LogP contribution in [-0.4, -0.2) is 30.8 Å². The first-order valence-electron chi connectivity index (χ1n) is 2.73. The summed E-state index contributed by atoms with van der Waals surface area (Å²) in [5, 5.41) is 0. The highest BCUT2D eigenvalue weighted by atomic mass is 16.1. The van der Waals surface area contributed by atoms with Gasteiger partial charge >= 0.3 is 0 Å². The van der Waals surface area contributed by atoms with Gasteiger partial charge in [-0.3, -0.25) is 9.69 Å². The van der Waals surface area contributed by atoms with E-state index in [1.165, 1.54) is 0 Å². The van der Waals surface area contributed by atoms with E-state index in [0.29, 0.717) is 12.6 Å². The summed E-state index contributed by atoms with van der Waals surface area (Å²) >= 11 is 0. The van der Waals surface area contributed by atoms with E-state index in [0.717, 1.165) is 0 Å². The van der Waals surface area contributed by atoms with Gasteiger partial charge in [0, 0.05) is 6.04 Å². The second kappa shape index (κ2) is 3.61. The van der Waals surface area contributed by atoms with E-state index in [4.69, 9.17) is 0 Å². The van der Waals surface area contributed by atoms with Crippen LogP contribution in [0.4, 0.5) is 0 Å². The Bertz CT molecular complexity index is 70.9. The van der Waals surface area contributed by atoms with Gasteiger partial charge in [-0.05, 0) is 20.9 Å². The quantitative estimate of drug-likeness (QED) is 0.530. The zero-order valence-electron chi connectivity index (χ0n) is 5.64. The molecule has 1 radical (unpaired) electrons. The lowest BCUT2D eigenvalue weighted by Crippen LogP contribution is -2.27. The van der Waals surface area contributed by atoms with Crippen molar-refractivity contribution >= 4 is 6.29 Å². The predicted octanol–water partition coefficient (Wildman–Crippen LogP) is 0.436. The van der Waals surface area contributed by atoms with Crippen LogP contribution in [0.1, 0.15) is 13.8 Å². The summed E-state index contributed by atoms with van der Waals surface area (Å²) < 4.78 is 0. The average Bonchev–Trinajstić information content (AvgIpc) is 1.67. The van der Waals surface area contributed by atoms with Crippen molar-refractivity contribution in [3.05, 3.63) is 0 Å². The molecule has 0 saturated carbocycles. The molecule has 0 fully saturated rings.